The number of para-hydroxylation sites is 1. The summed E-state index contributed by atoms with van der Waals surface area (Å²) in [4.78, 5) is 67.4. The number of rotatable bonds is 7. The summed E-state index contributed by atoms with van der Waals surface area (Å²) in [5, 5.41) is 13.1. The van der Waals surface area contributed by atoms with Crippen LogP contribution >= 0.6 is 0 Å². The second-order valence-electron chi connectivity index (χ2n) is 18.6. The summed E-state index contributed by atoms with van der Waals surface area (Å²) in [6.07, 6.45) is -1.77. The van der Waals surface area contributed by atoms with E-state index in [9.17, 15) is 59.1 Å². The molecule has 0 spiro atoms. The van der Waals surface area contributed by atoms with Crippen LogP contribution in [0.1, 0.15) is 95.7 Å². The number of hydrogen-bond acceptors (Lipinski definition) is 9. The number of anilines is 4. The van der Waals surface area contributed by atoms with Crippen LogP contribution in [0, 0.1) is 23.3 Å². The molecule has 0 radical (unpaired) electrons. The van der Waals surface area contributed by atoms with Gasteiger partial charge in [-0.3, -0.25) is 29.2 Å². The fraction of sp³-hybridized carbons (Fsp3) is 0.408. The fourth-order valence-corrected chi connectivity index (χ4v) is 8.48. The summed E-state index contributed by atoms with van der Waals surface area (Å²) in [5.41, 5.74) is -0.331. The number of hydrogen-bond donors (Lipinski definition) is 2. The molecular weight excluding hydrogens is 993 g/mol. The highest BCUT2D eigenvalue weighted by Gasteiger charge is 2.36. The van der Waals surface area contributed by atoms with Crippen LogP contribution in [0.5, 0.6) is 5.75 Å². The molecule has 0 aliphatic carbocycles. The van der Waals surface area contributed by atoms with E-state index < -0.39 is 65.0 Å². The second-order valence-corrected chi connectivity index (χ2v) is 18.6. The van der Waals surface area contributed by atoms with Crippen molar-refractivity contribution >= 4 is 52.8 Å². The monoisotopic (exact) mass is 1040 g/mol. The number of nitrogens with zero attached hydrogens (tertiary/aromatic N) is 8. The Kier molecular flexibility index (Phi) is 16.5. The molecule has 4 aliphatic heterocycles. The number of urea groups is 1. The smallest absolute Gasteiger partial charge is 0.417 e. The Morgan fingerprint density at radius 1 is 0.676 bits per heavy atom. The van der Waals surface area contributed by atoms with Crippen LogP contribution in [0.15, 0.2) is 67.0 Å². The molecule has 2 aromatic heterocycles. The van der Waals surface area contributed by atoms with Gasteiger partial charge in [0.05, 0.1) is 84.5 Å². The fourth-order valence-electron chi connectivity index (χ4n) is 8.48. The van der Waals surface area contributed by atoms with Crippen LogP contribution in [0.2, 0.25) is 0 Å². The van der Waals surface area contributed by atoms with Crippen molar-refractivity contribution in [2.24, 2.45) is 0 Å². The first-order valence-corrected chi connectivity index (χ1v) is 23.3. The number of alkyl halides is 4. The van der Waals surface area contributed by atoms with Crippen molar-refractivity contribution in [1.82, 2.24) is 29.4 Å². The minimum absolute atomic E-state index is 0.000574. The summed E-state index contributed by atoms with van der Waals surface area (Å²) < 4.78 is 118. The molecular formula is C49H52F8N10O7. The first kappa shape index (κ1) is 54.1. The lowest BCUT2D eigenvalue weighted by molar-refractivity contribution is -0.117. The number of nitrogens with one attached hydrogen (secondary N) is 2. The molecule has 6 heterocycles. The van der Waals surface area contributed by atoms with E-state index in [0.717, 1.165) is 30.8 Å². The van der Waals surface area contributed by atoms with E-state index in [1.165, 1.54) is 17.0 Å². The number of ether oxygens (including phenoxy) is 2. The van der Waals surface area contributed by atoms with Gasteiger partial charge in [-0.1, -0.05) is 18.2 Å². The number of amides is 6. The topological polar surface area (TPSA) is 176 Å². The van der Waals surface area contributed by atoms with E-state index in [0.29, 0.717) is 74.7 Å². The number of fused-ring (bicyclic) bond motifs is 2. The Labute approximate surface area is 418 Å². The highest BCUT2D eigenvalue weighted by molar-refractivity contribution is 5.97. The third kappa shape index (κ3) is 12.5. The van der Waals surface area contributed by atoms with E-state index >= 15 is 0 Å². The van der Waals surface area contributed by atoms with E-state index in [1.54, 1.807) is 56.9 Å². The minimum atomic E-state index is -3.22. The summed E-state index contributed by atoms with van der Waals surface area (Å²) in [6, 6.07) is 9.59. The van der Waals surface area contributed by atoms with Crippen molar-refractivity contribution in [2.75, 3.05) is 33.5 Å². The zero-order chi connectivity index (χ0) is 53.8. The van der Waals surface area contributed by atoms with Crippen LogP contribution in [-0.4, -0.2) is 90.2 Å². The van der Waals surface area contributed by atoms with Crippen LogP contribution in [0.3, 0.4) is 0 Å². The van der Waals surface area contributed by atoms with Gasteiger partial charge in [-0.15, -0.1) is 0 Å². The van der Waals surface area contributed by atoms with Crippen LogP contribution in [-0.2, 0) is 40.5 Å². The lowest BCUT2D eigenvalue weighted by atomic mass is 10.1. The number of aromatic nitrogens is 4. The maximum Gasteiger partial charge on any atom is 0.417 e. The van der Waals surface area contributed by atoms with Gasteiger partial charge >= 0.3 is 18.2 Å². The van der Waals surface area contributed by atoms with Crippen LogP contribution in [0.4, 0.5) is 72.3 Å². The largest absolute Gasteiger partial charge is 0.444 e. The molecule has 0 unspecified atom stereocenters. The molecule has 2 N–H and O–H groups in total. The molecule has 6 amide bonds. The molecule has 2 saturated heterocycles. The lowest BCUT2D eigenvalue weighted by Gasteiger charge is -2.36. The predicted molar refractivity (Wildman–Crippen MR) is 252 cm³/mol. The van der Waals surface area contributed by atoms with Gasteiger partial charge in [0.15, 0.2) is 23.3 Å². The van der Waals surface area contributed by atoms with Crippen molar-refractivity contribution in [1.29, 1.82) is 0 Å². The van der Waals surface area contributed by atoms with E-state index in [-0.39, 0.29) is 53.7 Å². The van der Waals surface area contributed by atoms with Gasteiger partial charge in [-0.2, -0.15) is 10.2 Å². The van der Waals surface area contributed by atoms with E-state index in [1.807, 2.05) is 32.4 Å². The van der Waals surface area contributed by atoms with Crippen LogP contribution in [0.25, 0.3) is 0 Å². The standard InChI is InChI=1S/C19H19F4N5O2.C16H24N4O3.C14H9F4NO2/c1-10-8-28-15(14(7-24-28)26-4-2-3-16(26)29)9-27(10)19(30)25-11-5-12(18(22)23)17(21)13(20)6-11;1-11-9-20-13(10-19(11)15(22)23-16(2,3)4)12(8-17-20)18-7-5-6-14(18)21;15-11-7-8(6-10(12(11)16)13(17)18)19-14(20)21-9-4-2-1-3-5-9/h5-7,10,18H,2-4,8-9H2,1H3,(H,25,30);8,11H,5-7,9-10H2,1-4H3;1-7,13H,(H,19,20)/t10-;11-;/m00./s1. The number of benzene rings is 3. The maximum atomic E-state index is 13.7. The highest BCUT2D eigenvalue weighted by atomic mass is 19.3. The average molecular weight is 1050 g/mol. The Hall–Kier alpha value is -7.73. The third-order valence-electron chi connectivity index (χ3n) is 12.1. The first-order valence-electron chi connectivity index (χ1n) is 23.3. The molecule has 0 saturated carbocycles. The second kappa shape index (κ2) is 22.6. The molecule has 4 aliphatic rings. The molecule has 2 atom stereocenters. The SMILES string of the molecule is C[C@H]1Cn2ncc(N3CCCC3=O)c2CN1C(=O)Nc1cc(F)c(F)c(C(F)F)c1.C[C@H]1Cn2ncc(N3CCCC3=O)c2CN1C(=O)OC(C)(C)C.O=C(Nc1cc(F)c(F)c(C(F)F)c1)Oc1ccccc1. The molecule has 25 heteroatoms. The van der Waals surface area contributed by atoms with Crippen molar-refractivity contribution in [3.8, 4) is 5.75 Å². The van der Waals surface area contributed by atoms with Crippen molar-refractivity contribution < 1.29 is 68.6 Å². The average Bonchev–Trinajstić information content (AvgIpc) is 4.14. The van der Waals surface area contributed by atoms with E-state index in [2.05, 4.69) is 20.8 Å². The Bertz CT molecular complexity index is 2900. The summed E-state index contributed by atoms with van der Waals surface area (Å²) in [5.74, 6) is -5.91. The third-order valence-corrected chi connectivity index (χ3v) is 12.1. The lowest BCUT2D eigenvalue weighted by Crippen LogP contribution is -2.47. The van der Waals surface area contributed by atoms with Gasteiger partial charge in [0.1, 0.15) is 11.4 Å². The molecule has 17 nitrogen and oxygen atoms in total. The van der Waals surface area contributed by atoms with Gasteiger partial charge in [-0.25, -0.2) is 49.5 Å². The number of halogens is 8. The normalized spacial score (nSPS) is 17.3. The van der Waals surface area contributed by atoms with Gasteiger partial charge in [0, 0.05) is 49.4 Å². The Morgan fingerprint density at radius 2 is 1.14 bits per heavy atom. The van der Waals surface area contributed by atoms with Gasteiger partial charge < -0.3 is 29.5 Å². The van der Waals surface area contributed by atoms with Gasteiger partial charge in [0.2, 0.25) is 11.8 Å². The Morgan fingerprint density at radius 3 is 1.58 bits per heavy atom. The minimum Gasteiger partial charge on any atom is -0.444 e. The maximum absolute atomic E-state index is 13.7. The number of carbonyl (C=O) groups excluding carboxylic acids is 5. The molecule has 396 valence electrons. The van der Waals surface area contributed by atoms with E-state index in [4.69, 9.17) is 9.47 Å². The molecule has 3 aromatic carbocycles. The molecule has 9 rings (SSSR count). The zero-order valence-corrected chi connectivity index (χ0v) is 40.7. The quantitative estimate of drug-likeness (QED) is 0.150. The van der Waals surface area contributed by atoms with Crippen molar-refractivity contribution in [3.05, 3.63) is 113 Å². The first-order chi connectivity index (χ1) is 35.0. The van der Waals surface area contributed by atoms with Gasteiger partial charge in [0.25, 0.3) is 12.9 Å². The summed E-state index contributed by atoms with van der Waals surface area (Å²) in [6.45, 7) is 12.1. The van der Waals surface area contributed by atoms with Gasteiger partial charge in [-0.05, 0) is 71.7 Å². The zero-order valence-electron chi connectivity index (χ0n) is 40.7. The molecule has 2 fully saturated rings. The van der Waals surface area contributed by atoms with Crippen molar-refractivity contribution in [2.45, 2.75) is 117 Å². The molecule has 5 aromatic rings. The number of carbonyl (C=O) groups is 5. The molecule has 0 bridgehead atoms. The summed E-state index contributed by atoms with van der Waals surface area (Å²) in [7, 11) is 0. The predicted octanol–water partition coefficient (Wildman–Crippen LogP) is 10.3. The summed E-state index contributed by atoms with van der Waals surface area (Å²) >= 11 is 0. The van der Waals surface area contributed by atoms with Crippen LogP contribution < -0.4 is 25.2 Å². The highest BCUT2D eigenvalue weighted by Crippen LogP contribution is 2.34. The molecule has 74 heavy (non-hydrogen) atoms. The van der Waals surface area contributed by atoms with Crippen molar-refractivity contribution in [3.63, 3.8) is 0 Å². The Balaban J connectivity index is 0.000000166.